The second kappa shape index (κ2) is 7.12. The van der Waals surface area contributed by atoms with Gasteiger partial charge in [-0.15, -0.1) is 12.4 Å². The van der Waals surface area contributed by atoms with Crippen LogP contribution in [-0.4, -0.2) is 28.3 Å². The number of aliphatic hydroxyl groups excluding tert-OH is 1. The second-order valence-electron chi connectivity index (χ2n) is 3.46. The smallest absolute Gasteiger partial charge is 0.306 e. The number of carboxylic acids is 1. The lowest BCUT2D eigenvalue weighted by atomic mass is 9.98. The van der Waals surface area contributed by atoms with E-state index in [-0.39, 0.29) is 18.8 Å². The van der Waals surface area contributed by atoms with Crippen molar-refractivity contribution >= 4 is 18.4 Å². The van der Waals surface area contributed by atoms with Crippen LogP contribution in [0, 0.1) is 5.92 Å². The first-order valence-electron chi connectivity index (χ1n) is 4.09. The van der Waals surface area contributed by atoms with Crippen LogP contribution in [0.2, 0.25) is 0 Å². The molecular formula is C8H18ClNO3. The van der Waals surface area contributed by atoms with E-state index >= 15 is 0 Å². The van der Waals surface area contributed by atoms with E-state index in [1.807, 2.05) is 13.8 Å². The highest BCUT2D eigenvalue weighted by Gasteiger charge is 2.18. The van der Waals surface area contributed by atoms with Crippen LogP contribution < -0.4 is 5.73 Å². The van der Waals surface area contributed by atoms with Crippen molar-refractivity contribution in [2.45, 2.75) is 38.8 Å². The summed E-state index contributed by atoms with van der Waals surface area (Å²) < 4.78 is 0. The summed E-state index contributed by atoms with van der Waals surface area (Å²) in [6, 6.07) is -0.430. The van der Waals surface area contributed by atoms with Crippen LogP contribution in [0.3, 0.4) is 0 Å². The summed E-state index contributed by atoms with van der Waals surface area (Å²) in [7, 11) is 0. The molecule has 0 aliphatic heterocycles. The Kier molecular flexibility index (Phi) is 8.30. The van der Waals surface area contributed by atoms with Gasteiger partial charge in [-0.3, -0.25) is 4.79 Å². The molecule has 4 nitrogen and oxygen atoms in total. The molecule has 0 aromatic carbocycles. The first-order chi connectivity index (χ1) is 5.43. The Morgan fingerprint density at radius 3 is 2.23 bits per heavy atom. The Morgan fingerprint density at radius 1 is 1.46 bits per heavy atom. The van der Waals surface area contributed by atoms with Gasteiger partial charge in [0.05, 0.1) is 12.5 Å². The van der Waals surface area contributed by atoms with Gasteiger partial charge in [-0.25, -0.2) is 0 Å². The third-order valence-electron chi connectivity index (χ3n) is 1.62. The molecule has 5 heteroatoms. The van der Waals surface area contributed by atoms with Crippen LogP contribution in [-0.2, 0) is 4.79 Å². The monoisotopic (exact) mass is 211 g/mol. The molecule has 0 amide bonds. The van der Waals surface area contributed by atoms with Crippen LogP contribution in [0.5, 0.6) is 0 Å². The van der Waals surface area contributed by atoms with Crippen molar-refractivity contribution in [1.82, 2.24) is 0 Å². The number of hydrogen-bond donors (Lipinski definition) is 3. The molecule has 4 N–H and O–H groups in total. The predicted octanol–water partition coefficient (Wildman–Crippen LogP) is 0.617. The normalized spacial score (nSPS) is 14.8. The number of carboxylic acid groups (broad SMARTS) is 1. The summed E-state index contributed by atoms with van der Waals surface area (Å²) in [5.74, 6) is -0.634. The minimum Gasteiger partial charge on any atom is -0.481 e. The van der Waals surface area contributed by atoms with Gasteiger partial charge in [0.25, 0.3) is 0 Å². The first kappa shape index (κ1) is 15.2. The van der Waals surface area contributed by atoms with E-state index in [0.717, 1.165) is 0 Å². The molecule has 0 unspecified atom stereocenters. The van der Waals surface area contributed by atoms with E-state index in [2.05, 4.69) is 0 Å². The highest BCUT2D eigenvalue weighted by Crippen LogP contribution is 2.08. The lowest BCUT2D eigenvalue weighted by Gasteiger charge is -2.18. The zero-order valence-corrected chi connectivity index (χ0v) is 8.75. The molecule has 0 aliphatic rings. The van der Waals surface area contributed by atoms with Crippen LogP contribution in [0.25, 0.3) is 0 Å². The van der Waals surface area contributed by atoms with Gasteiger partial charge in [-0.1, -0.05) is 13.8 Å². The zero-order chi connectivity index (χ0) is 9.72. The maximum absolute atomic E-state index is 10.2. The summed E-state index contributed by atoms with van der Waals surface area (Å²) >= 11 is 0. The number of nitrogens with two attached hydrogens (primary N) is 1. The van der Waals surface area contributed by atoms with E-state index in [9.17, 15) is 9.90 Å². The predicted molar refractivity (Wildman–Crippen MR) is 52.9 cm³/mol. The molecule has 0 aromatic heterocycles. The molecule has 13 heavy (non-hydrogen) atoms. The second-order valence-corrected chi connectivity index (χ2v) is 3.46. The molecule has 0 aromatic rings. The number of aliphatic carboxylic acids is 1. The van der Waals surface area contributed by atoms with Crippen LogP contribution in [0.15, 0.2) is 0 Å². The fourth-order valence-electron chi connectivity index (χ4n) is 1.03. The minimum atomic E-state index is -1.01. The van der Waals surface area contributed by atoms with Crippen LogP contribution >= 0.6 is 12.4 Å². The quantitative estimate of drug-likeness (QED) is 0.623. The maximum atomic E-state index is 10.2. The fraction of sp³-hybridized carbons (Fsp3) is 0.875. The number of halogens is 1. The molecule has 0 spiro atoms. The van der Waals surface area contributed by atoms with Gasteiger partial charge in [-0.05, 0) is 12.3 Å². The van der Waals surface area contributed by atoms with Crippen molar-refractivity contribution in [3.8, 4) is 0 Å². The molecule has 0 bridgehead atoms. The van der Waals surface area contributed by atoms with Crippen molar-refractivity contribution in [3.63, 3.8) is 0 Å². The molecule has 0 saturated heterocycles. The van der Waals surface area contributed by atoms with E-state index in [1.165, 1.54) is 0 Å². The SMILES string of the molecule is CC(C)C[C@H](N)[C@@H](O)CC(=O)O.Cl. The molecule has 0 aliphatic carbocycles. The molecule has 0 heterocycles. The standard InChI is InChI=1S/C8H17NO3.ClH/c1-5(2)3-6(9)7(10)4-8(11)12;/h5-7,10H,3-4,9H2,1-2H3,(H,11,12);1H/t6-,7-;/m0./s1. The minimum absolute atomic E-state index is 0. The van der Waals surface area contributed by atoms with E-state index in [1.54, 1.807) is 0 Å². The highest BCUT2D eigenvalue weighted by atomic mass is 35.5. The van der Waals surface area contributed by atoms with Crippen LogP contribution in [0.4, 0.5) is 0 Å². The number of aliphatic hydroxyl groups is 1. The molecule has 0 saturated carbocycles. The van der Waals surface area contributed by atoms with Gasteiger partial charge in [0, 0.05) is 6.04 Å². The molecule has 0 rings (SSSR count). The lowest BCUT2D eigenvalue weighted by molar-refractivity contribution is -0.139. The zero-order valence-electron chi connectivity index (χ0n) is 7.93. The van der Waals surface area contributed by atoms with Crippen molar-refractivity contribution in [2.75, 3.05) is 0 Å². The Hall–Kier alpha value is -0.320. The van der Waals surface area contributed by atoms with Gasteiger partial charge < -0.3 is 15.9 Å². The molecule has 80 valence electrons. The number of rotatable bonds is 5. The summed E-state index contributed by atoms with van der Waals surface area (Å²) in [4.78, 5) is 10.2. The van der Waals surface area contributed by atoms with Crippen LogP contribution in [0.1, 0.15) is 26.7 Å². The van der Waals surface area contributed by atoms with E-state index in [4.69, 9.17) is 10.8 Å². The number of carbonyl (C=O) groups is 1. The van der Waals surface area contributed by atoms with Crippen molar-refractivity contribution in [2.24, 2.45) is 11.7 Å². The number of hydrogen-bond acceptors (Lipinski definition) is 3. The van der Waals surface area contributed by atoms with Gasteiger partial charge in [0.15, 0.2) is 0 Å². The summed E-state index contributed by atoms with van der Waals surface area (Å²) in [5, 5.41) is 17.6. The Morgan fingerprint density at radius 2 is 1.92 bits per heavy atom. The summed E-state index contributed by atoms with van der Waals surface area (Å²) in [6.45, 7) is 3.96. The third kappa shape index (κ3) is 8.02. The van der Waals surface area contributed by atoms with Crippen molar-refractivity contribution < 1.29 is 15.0 Å². The van der Waals surface area contributed by atoms with Crippen molar-refractivity contribution in [3.05, 3.63) is 0 Å². The van der Waals surface area contributed by atoms with Gasteiger partial charge in [-0.2, -0.15) is 0 Å². The Bertz CT molecular complexity index is 152. The molecular weight excluding hydrogens is 194 g/mol. The van der Waals surface area contributed by atoms with Gasteiger partial charge >= 0.3 is 5.97 Å². The van der Waals surface area contributed by atoms with E-state index < -0.39 is 18.1 Å². The third-order valence-corrected chi connectivity index (χ3v) is 1.62. The molecule has 0 radical (unpaired) electrons. The highest BCUT2D eigenvalue weighted by molar-refractivity contribution is 5.85. The summed E-state index contributed by atoms with van der Waals surface area (Å²) in [5.41, 5.74) is 5.55. The average Bonchev–Trinajstić information content (AvgIpc) is 1.84. The first-order valence-corrected chi connectivity index (χ1v) is 4.09. The van der Waals surface area contributed by atoms with E-state index in [0.29, 0.717) is 12.3 Å². The topological polar surface area (TPSA) is 83.5 Å². The largest absolute Gasteiger partial charge is 0.481 e. The molecule has 2 atom stereocenters. The summed E-state index contributed by atoms with van der Waals surface area (Å²) in [6.07, 6.45) is -0.549. The fourth-order valence-corrected chi connectivity index (χ4v) is 1.03. The Labute approximate surface area is 84.5 Å². The maximum Gasteiger partial charge on any atom is 0.306 e. The molecule has 0 fully saturated rings. The Balaban J connectivity index is 0. The van der Waals surface area contributed by atoms with Gasteiger partial charge in [0.2, 0.25) is 0 Å². The van der Waals surface area contributed by atoms with Gasteiger partial charge in [0.1, 0.15) is 0 Å². The lowest BCUT2D eigenvalue weighted by Crippen LogP contribution is -2.37. The van der Waals surface area contributed by atoms with Crippen molar-refractivity contribution in [1.29, 1.82) is 0 Å². The average molecular weight is 212 g/mol.